The predicted octanol–water partition coefficient (Wildman–Crippen LogP) is 2.82. The highest BCUT2D eigenvalue weighted by molar-refractivity contribution is 9.10. The average molecular weight is 381 g/mol. The van der Waals surface area contributed by atoms with E-state index in [0.717, 1.165) is 30.4 Å². The van der Waals surface area contributed by atoms with Crippen molar-refractivity contribution in [3.05, 3.63) is 27.1 Å². The van der Waals surface area contributed by atoms with Crippen LogP contribution < -0.4 is 11.0 Å². The molecule has 1 amide bonds. The topological polar surface area (TPSA) is 81.0 Å². The molecule has 1 aromatic carbocycles. The number of hydrogen-bond acceptors (Lipinski definition) is 3. The van der Waals surface area contributed by atoms with Crippen molar-refractivity contribution in [2.45, 2.75) is 32.1 Å². The Bertz CT molecular complexity index is 744. The molecule has 6 nitrogen and oxygen atoms in total. The molecule has 1 aromatic heterocycles. The molecule has 1 aliphatic rings. The number of nitrogens with zero attached hydrogens (tertiary/aromatic N) is 1. The number of amides is 1. The minimum atomic E-state index is -0.254. The number of anilines is 1. The van der Waals surface area contributed by atoms with Crippen LogP contribution in [0.1, 0.15) is 32.1 Å². The molecule has 1 fully saturated rings. The fourth-order valence-electron chi connectivity index (χ4n) is 3.02. The number of fused-ring (bicyclic) bond motifs is 1. The SMILES string of the molecule is O=C(CN1CCCCCCC1)Nc1cc2[nH]c(=O)[nH]c2cc1Br. The first kappa shape index (κ1) is 16.3. The van der Waals surface area contributed by atoms with Gasteiger partial charge in [0.25, 0.3) is 0 Å². The maximum atomic E-state index is 12.3. The van der Waals surface area contributed by atoms with Gasteiger partial charge in [-0.2, -0.15) is 0 Å². The molecule has 23 heavy (non-hydrogen) atoms. The summed E-state index contributed by atoms with van der Waals surface area (Å²) < 4.78 is 0.751. The number of carbonyl (C=O) groups excluding carboxylic acids is 1. The summed E-state index contributed by atoms with van der Waals surface area (Å²) in [5.41, 5.74) is 1.81. The van der Waals surface area contributed by atoms with E-state index in [2.05, 4.69) is 36.1 Å². The van der Waals surface area contributed by atoms with Gasteiger partial charge in [-0.25, -0.2) is 4.79 Å². The van der Waals surface area contributed by atoms with Crippen molar-refractivity contribution in [2.24, 2.45) is 0 Å². The highest BCUT2D eigenvalue weighted by Gasteiger charge is 2.14. The van der Waals surface area contributed by atoms with Gasteiger partial charge in [0.2, 0.25) is 5.91 Å². The number of likely N-dealkylation sites (tertiary alicyclic amines) is 1. The highest BCUT2D eigenvalue weighted by atomic mass is 79.9. The molecule has 3 rings (SSSR count). The van der Waals surface area contributed by atoms with Crippen LogP contribution in [0.25, 0.3) is 11.0 Å². The van der Waals surface area contributed by atoms with Gasteiger partial charge in [0.05, 0.1) is 23.3 Å². The van der Waals surface area contributed by atoms with Crippen molar-refractivity contribution in [1.82, 2.24) is 14.9 Å². The van der Waals surface area contributed by atoms with E-state index in [0.29, 0.717) is 23.3 Å². The Morgan fingerprint density at radius 3 is 2.39 bits per heavy atom. The van der Waals surface area contributed by atoms with Gasteiger partial charge in [-0.15, -0.1) is 0 Å². The van der Waals surface area contributed by atoms with Crippen molar-refractivity contribution >= 4 is 38.6 Å². The van der Waals surface area contributed by atoms with E-state index in [1.807, 2.05) is 0 Å². The van der Waals surface area contributed by atoms with E-state index >= 15 is 0 Å². The van der Waals surface area contributed by atoms with Crippen LogP contribution in [0.4, 0.5) is 5.69 Å². The molecule has 0 radical (unpaired) electrons. The van der Waals surface area contributed by atoms with Crippen molar-refractivity contribution in [2.75, 3.05) is 25.0 Å². The van der Waals surface area contributed by atoms with Crippen molar-refractivity contribution < 1.29 is 4.79 Å². The molecule has 0 unspecified atom stereocenters. The smallest absolute Gasteiger partial charge is 0.323 e. The number of hydrogen-bond donors (Lipinski definition) is 3. The quantitative estimate of drug-likeness (QED) is 0.765. The molecule has 2 heterocycles. The molecule has 7 heteroatoms. The molecule has 2 aromatic rings. The molecule has 0 bridgehead atoms. The number of nitrogens with one attached hydrogen (secondary N) is 3. The third kappa shape index (κ3) is 4.23. The number of halogens is 1. The predicted molar refractivity (Wildman–Crippen MR) is 94.8 cm³/mol. The highest BCUT2D eigenvalue weighted by Crippen LogP contribution is 2.26. The van der Waals surface area contributed by atoms with Crippen LogP contribution in [-0.2, 0) is 4.79 Å². The minimum absolute atomic E-state index is 0.0245. The van der Waals surface area contributed by atoms with E-state index in [1.54, 1.807) is 12.1 Å². The lowest BCUT2D eigenvalue weighted by molar-refractivity contribution is -0.117. The number of carbonyl (C=O) groups is 1. The third-order valence-electron chi connectivity index (χ3n) is 4.19. The van der Waals surface area contributed by atoms with Crippen LogP contribution in [0.15, 0.2) is 21.4 Å². The molecule has 0 spiro atoms. The summed E-state index contributed by atoms with van der Waals surface area (Å²) in [4.78, 5) is 31.3. The van der Waals surface area contributed by atoms with Crippen LogP contribution in [0.3, 0.4) is 0 Å². The zero-order chi connectivity index (χ0) is 16.2. The van der Waals surface area contributed by atoms with Crippen LogP contribution in [0, 0.1) is 0 Å². The fraction of sp³-hybridized carbons (Fsp3) is 0.500. The van der Waals surface area contributed by atoms with Crippen LogP contribution in [0.2, 0.25) is 0 Å². The lowest BCUT2D eigenvalue weighted by Crippen LogP contribution is -2.35. The first-order chi connectivity index (χ1) is 11.1. The summed E-state index contributed by atoms with van der Waals surface area (Å²) in [5.74, 6) is -0.0245. The van der Waals surface area contributed by atoms with Crippen LogP contribution >= 0.6 is 15.9 Å². The number of imidazole rings is 1. The number of benzene rings is 1. The number of aromatic amines is 2. The summed E-state index contributed by atoms with van der Waals surface area (Å²) in [7, 11) is 0. The van der Waals surface area contributed by atoms with Gasteiger partial charge in [-0.05, 0) is 54.0 Å². The van der Waals surface area contributed by atoms with Gasteiger partial charge in [-0.3, -0.25) is 9.69 Å². The lowest BCUT2D eigenvalue weighted by atomic mass is 10.1. The zero-order valence-electron chi connectivity index (χ0n) is 13.0. The lowest BCUT2D eigenvalue weighted by Gasteiger charge is -2.23. The van der Waals surface area contributed by atoms with E-state index in [9.17, 15) is 9.59 Å². The molecule has 0 aliphatic carbocycles. The fourth-order valence-corrected chi connectivity index (χ4v) is 3.46. The summed E-state index contributed by atoms with van der Waals surface area (Å²) in [5, 5.41) is 2.93. The van der Waals surface area contributed by atoms with Gasteiger partial charge in [0.15, 0.2) is 0 Å². The van der Waals surface area contributed by atoms with Gasteiger partial charge >= 0.3 is 5.69 Å². The largest absolute Gasteiger partial charge is 0.324 e. The molecular weight excluding hydrogens is 360 g/mol. The first-order valence-electron chi connectivity index (χ1n) is 8.05. The minimum Gasteiger partial charge on any atom is -0.324 e. The van der Waals surface area contributed by atoms with Gasteiger partial charge in [0.1, 0.15) is 0 Å². The van der Waals surface area contributed by atoms with Gasteiger partial charge in [0, 0.05) is 4.47 Å². The molecule has 0 atom stereocenters. The average Bonchev–Trinajstić information content (AvgIpc) is 2.81. The van der Waals surface area contributed by atoms with Crippen LogP contribution in [0.5, 0.6) is 0 Å². The second-order valence-corrected chi connectivity index (χ2v) is 6.90. The van der Waals surface area contributed by atoms with Crippen LogP contribution in [-0.4, -0.2) is 40.4 Å². The molecule has 3 N–H and O–H groups in total. The molecule has 124 valence electrons. The Labute approximate surface area is 142 Å². The molecular formula is C16H21BrN4O2. The molecule has 1 aliphatic heterocycles. The first-order valence-corrected chi connectivity index (χ1v) is 8.85. The second kappa shape index (κ2) is 7.31. The maximum absolute atomic E-state index is 12.3. The van der Waals surface area contributed by atoms with Crippen molar-refractivity contribution in [1.29, 1.82) is 0 Å². The van der Waals surface area contributed by atoms with Crippen molar-refractivity contribution in [3.8, 4) is 0 Å². The zero-order valence-corrected chi connectivity index (χ0v) is 14.5. The van der Waals surface area contributed by atoms with E-state index < -0.39 is 0 Å². The maximum Gasteiger partial charge on any atom is 0.323 e. The standard InChI is InChI=1S/C16H21BrN4O2/c17-11-8-13-14(20-16(23)19-13)9-12(11)18-15(22)10-21-6-4-2-1-3-5-7-21/h8-9H,1-7,10H2,(H,18,22)(H2,19,20,23). The second-order valence-electron chi connectivity index (χ2n) is 6.05. The number of H-pyrrole nitrogens is 2. The van der Waals surface area contributed by atoms with Gasteiger partial charge in [-0.1, -0.05) is 19.3 Å². The normalized spacial score (nSPS) is 16.9. The summed E-state index contributed by atoms with van der Waals surface area (Å²) in [6, 6.07) is 3.56. The Hall–Kier alpha value is -1.60. The number of rotatable bonds is 3. The van der Waals surface area contributed by atoms with E-state index in [1.165, 1.54) is 19.3 Å². The number of aromatic nitrogens is 2. The van der Waals surface area contributed by atoms with Gasteiger partial charge < -0.3 is 15.3 Å². The van der Waals surface area contributed by atoms with E-state index in [-0.39, 0.29) is 11.6 Å². The Kier molecular flexibility index (Phi) is 5.17. The molecule has 1 saturated heterocycles. The Balaban J connectivity index is 1.66. The van der Waals surface area contributed by atoms with E-state index in [4.69, 9.17) is 0 Å². The summed E-state index contributed by atoms with van der Waals surface area (Å²) in [6.07, 6.45) is 6.13. The molecule has 0 saturated carbocycles. The third-order valence-corrected chi connectivity index (χ3v) is 4.85. The Morgan fingerprint density at radius 1 is 1.09 bits per heavy atom. The monoisotopic (exact) mass is 380 g/mol. The summed E-state index contributed by atoms with van der Waals surface area (Å²) in [6.45, 7) is 2.38. The van der Waals surface area contributed by atoms with Crippen molar-refractivity contribution in [3.63, 3.8) is 0 Å². The summed E-state index contributed by atoms with van der Waals surface area (Å²) >= 11 is 3.44. The Morgan fingerprint density at radius 2 is 1.70 bits per heavy atom.